The lowest BCUT2D eigenvalue weighted by Gasteiger charge is -2.34. The number of nitrogens with zero attached hydrogens (tertiary/aromatic N) is 5. The molecule has 0 unspecified atom stereocenters. The van der Waals surface area contributed by atoms with E-state index in [-0.39, 0.29) is 5.91 Å². The molecule has 1 saturated heterocycles. The fourth-order valence-electron chi connectivity index (χ4n) is 3.27. The first kappa shape index (κ1) is 16.9. The SMILES string of the molecule is CCN(CC)C(=O)CN1CCN(Cc2cn3ccccc3n2)CC1. The van der Waals surface area contributed by atoms with Gasteiger partial charge in [-0.05, 0) is 26.0 Å². The van der Waals surface area contributed by atoms with E-state index in [9.17, 15) is 4.79 Å². The first-order valence-electron chi connectivity index (χ1n) is 8.84. The fraction of sp³-hybridized carbons (Fsp3) is 0.556. The van der Waals surface area contributed by atoms with Gasteiger partial charge in [0.2, 0.25) is 5.91 Å². The van der Waals surface area contributed by atoms with E-state index in [1.54, 1.807) is 0 Å². The zero-order chi connectivity index (χ0) is 16.9. The molecule has 0 N–H and O–H groups in total. The Morgan fingerprint density at radius 2 is 1.83 bits per heavy atom. The van der Waals surface area contributed by atoms with Gasteiger partial charge in [0.25, 0.3) is 0 Å². The average molecular weight is 329 g/mol. The summed E-state index contributed by atoms with van der Waals surface area (Å²) in [5.74, 6) is 0.244. The summed E-state index contributed by atoms with van der Waals surface area (Å²) in [5.41, 5.74) is 2.10. The smallest absolute Gasteiger partial charge is 0.236 e. The van der Waals surface area contributed by atoms with E-state index in [1.165, 1.54) is 0 Å². The number of likely N-dealkylation sites (N-methyl/N-ethyl adjacent to an activating group) is 1. The van der Waals surface area contributed by atoms with Gasteiger partial charge < -0.3 is 9.30 Å². The third-order valence-corrected chi connectivity index (χ3v) is 4.74. The molecule has 2 aromatic heterocycles. The molecule has 0 aliphatic carbocycles. The molecule has 1 amide bonds. The minimum Gasteiger partial charge on any atom is -0.342 e. The van der Waals surface area contributed by atoms with Crippen molar-refractivity contribution in [2.24, 2.45) is 0 Å². The van der Waals surface area contributed by atoms with Crippen molar-refractivity contribution in [3.8, 4) is 0 Å². The zero-order valence-electron chi connectivity index (χ0n) is 14.7. The molecule has 1 aliphatic heterocycles. The lowest BCUT2D eigenvalue weighted by atomic mass is 10.3. The van der Waals surface area contributed by atoms with Gasteiger partial charge in [0.15, 0.2) is 0 Å². The van der Waals surface area contributed by atoms with Gasteiger partial charge in [-0.1, -0.05) is 6.07 Å². The number of carbonyl (C=O) groups is 1. The molecule has 0 aromatic carbocycles. The monoisotopic (exact) mass is 329 g/mol. The molecule has 6 nitrogen and oxygen atoms in total. The molecule has 0 atom stereocenters. The Labute approximate surface area is 143 Å². The van der Waals surface area contributed by atoms with Crippen molar-refractivity contribution in [3.05, 3.63) is 36.3 Å². The average Bonchev–Trinajstić information content (AvgIpc) is 3.00. The highest BCUT2D eigenvalue weighted by molar-refractivity contribution is 5.78. The standard InChI is InChI=1S/C18H27N5O/c1-3-22(4-2)18(24)15-21-11-9-20(10-12-21)13-16-14-23-8-6-5-7-17(23)19-16/h5-8,14H,3-4,9-13,15H2,1-2H3. The van der Waals surface area contributed by atoms with E-state index in [2.05, 4.69) is 25.4 Å². The third kappa shape index (κ3) is 3.94. The molecule has 0 saturated carbocycles. The van der Waals surface area contributed by atoms with Crippen molar-refractivity contribution < 1.29 is 4.79 Å². The van der Waals surface area contributed by atoms with Gasteiger partial charge in [0.05, 0.1) is 12.2 Å². The van der Waals surface area contributed by atoms with Crippen LogP contribution in [0.4, 0.5) is 0 Å². The Balaban J connectivity index is 1.49. The van der Waals surface area contributed by atoms with Gasteiger partial charge >= 0.3 is 0 Å². The van der Waals surface area contributed by atoms with E-state index >= 15 is 0 Å². The fourth-order valence-corrected chi connectivity index (χ4v) is 3.27. The van der Waals surface area contributed by atoms with Crippen LogP contribution >= 0.6 is 0 Å². The summed E-state index contributed by atoms with van der Waals surface area (Å²) in [6.45, 7) is 10.9. The van der Waals surface area contributed by atoms with Gasteiger partial charge in [-0.25, -0.2) is 4.98 Å². The van der Waals surface area contributed by atoms with Crippen molar-refractivity contribution in [2.45, 2.75) is 20.4 Å². The van der Waals surface area contributed by atoms with Crippen molar-refractivity contribution in [1.29, 1.82) is 0 Å². The Morgan fingerprint density at radius 3 is 2.50 bits per heavy atom. The first-order valence-corrected chi connectivity index (χ1v) is 8.84. The molecule has 0 bridgehead atoms. The largest absolute Gasteiger partial charge is 0.342 e. The molecular formula is C18H27N5O. The summed E-state index contributed by atoms with van der Waals surface area (Å²) in [4.78, 5) is 23.5. The molecule has 6 heteroatoms. The molecule has 3 rings (SSSR count). The van der Waals surface area contributed by atoms with E-state index < -0.39 is 0 Å². The summed E-state index contributed by atoms with van der Waals surface area (Å²) < 4.78 is 2.06. The predicted octanol–water partition coefficient (Wildman–Crippen LogP) is 1.32. The van der Waals surface area contributed by atoms with E-state index in [4.69, 9.17) is 0 Å². The summed E-state index contributed by atoms with van der Waals surface area (Å²) in [5, 5.41) is 0. The van der Waals surface area contributed by atoms with Crippen LogP contribution in [0.15, 0.2) is 30.6 Å². The second-order valence-electron chi connectivity index (χ2n) is 6.32. The van der Waals surface area contributed by atoms with Crippen molar-refractivity contribution in [3.63, 3.8) is 0 Å². The van der Waals surface area contributed by atoms with Crippen LogP contribution in [0.1, 0.15) is 19.5 Å². The number of hydrogen-bond donors (Lipinski definition) is 0. The Bertz CT molecular complexity index is 638. The van der Waals surface area contributed by atoms with Crippen LogP contribution in [0, 0.1) is 0 Å². The molecule has 24 heavy (non-hydrogen) atoms. The number of imidazole rings is 1. The van der Waals surface area contributed by atoms with E-state index in [1.807, 2.05) is 43.1 Å². The molecular weight excluding hydrogens is 302 g/mol. The number of aromatic nitrogens is 2. The van der Waals surface area contributed by atoms with Crippen LogP contribution in [-0.2, 0) is 11.3 Å². The molecule has 0 spiro atoms. The number of carbonyl (C=O) groups excluding carboxylic acids is 1. The van der Waals surface area contributed by atoms with Crippen molar-refractivity contribution >= 4 is 11.6 Å². The van der Waals surface area contributed by atoms with Gasteiger partial charge in [0.1, 0.15) is 5.65 Å². The molecule has 2 aromatic rings. The summed E-state index contributed by atoms with van der Waals surface area (Å²) in [6.07, 6.45) is 4.13. The third-order valence-electron chi connectivity index (χ3n) is 4.74. The number of piperazine rings is 1. The Morgan fingerprint density at radius 1 is 1.12 bits per heavy atom. The number of fused-ring (bicyclic) bond motifs is 1. The maximum absolute atomic E-state index is 12.2. The van der Waals surface area contributed by atoms with E-state index in [0.29, 0.717) is 6.54 Å². The minimum atomic E-state index is 0.244. The number of rotatable bonds is 6. The molecule has 1 fully saturated rings. The topological polar surface area (TPSA) is 44.1 Å². The first-order chi connectivity index (χ1) is 11.7. The quantitative estimate of drug-likeness (QED) is 0.802. The van der Waals surface area contributed by atoms with Gasteiger partial charge in [-0.3, -0.25) is 14.6 Å². The lowest BCUT2D eigenvalue weighted by molar-refractivity contribution is -0.132. The van der Waals surface area contributed by atoms with Crippen molar-refractivity contribution in [1.82, 2.24) is 24.1 Å². The second-order valence-corrected chi connectivity index (χ2v) is 6.32. The molecule has 3 heterocycles. The minimum absolute atomic E-state index is 0.244. The van der Waals surface area contributed by atoms with Crippen LogP contribution in [0.5, 0.6) is 0 Å². The van der Waals surface area contributed by atoms with Crippen LogP contribution in [0.2, 0.25) is 0 Å². The van der Waals surface area contributed by atoms with Crippen LogP contribution in [0.25, 0.3) is 5.65 Å². The summed E-state index contributed by atoms with van der Waals surface area (Å²) in [6, 6.07) is 6.06. The maximum Gasteiger partial charge on any atom is 0.236 e. The highest BCUT2D eigenvalue weighted by Gasteiger charge is 2.21. The van der Waals surface area contributed by atoms with Crippen LogP contribution in [-0.4, -0.2) is 75.8 Å². The molecule has 130 valence electrons. The number of pyridine rings is 1. The zero-order valence-corrected chi connectivity index (χ0v) is 14.7. The highest BCUT2D eigenvalue weighted by Crippen LogP contribution is 2.10. The highest BCUT2D eigenvalue weighted by atomic mass is 16.2. The Kier molecular flexibility index (Phi) is 5.48. The van der Waals surface area contributed by atoms with Crippen LogP contribution < -0.4 is 0 Å². The second kappa shape index (κ2) is 7.77. The molecule has 1 aliphatic rings. The predicted molar refractivity (Wildman–Crippen MR) is 94.8 cm³/mol. The number of hydrogen-bond acceptors (Lipinski definition) is 4. The lowest BCUT2D eigenvalue weighted by Crippen LogP contribution is -2.49. The van der Waals surface area contributed by atoms with Gasteiger partial charge in [-0.2, -0.15) is 0 Å². The summed E-state index contributed by atoms with van der Waals surface area (Å²) >= 11 is 0. The Hall–Kier alpha value is -1.92. The van der Waals surface area contributed by atoms with E-state index in [0.717, 1.165) is 57.2 Å². The molecule has 0 radical (unpaired) electrons. The number of amides is 1. The van der Waals surface area contributed by atoms with Crippen LogP contribution in [0.3, 0.4) is 0 Å². The maximum atomic E-state index is 12.2. The van der Waals surface area contributed by atoms with Gasteiger partial charge in [-0.15, -0.1) is 0 Å². The van der Waals surface area contributed by atoms with Gasteiger partial charge in [0, 0.05) is 58.2 Å². The summed E-state index contributed by atoms with van der Waals surface area (Å²) in [7, 11) is 0. The normalized spacial score (nSPS) is 16.6. The van der Waals surface area contributed by atoms with Crippen molar-refractivity contribution in [2.75, 3.05) is 45.8 Å².